The van der Waals surface area contributed by atoms with Crippen LogP contribution in [0.5, 0.6) is 0 Å². The first kappa shape index (κ1) is 17.2. The number of ether oxygens (including phenoxy) is 4. The van der Waals surface area contributed by atoms with Crippen LogP contribution in [0.1, 0.15) is 64.2 Å². The quantitative estimate of drug-likeness (QED) is 0.815. The lowest BCUT2D eigenvalue weighted by Crippen LogP contribution is -2.45. The van der Waals surface area contributed by atoms with Gasteiger partial charge in [-0.15, -0.1) is 0 Å². The van der Waals surface area contributed by atoms with Gasteiger partial charge in [-0.1, -0.05) is 12.8 Å². The average molecular weight is 342 g/mol. The van der Waals surface area contributed by atoms with Crippen LogP contribution in [0.2, 0.25) is 0 Å². The first-order chi connectivity index (χ1) is 11.7. The summed E-state index contributed by atoms with van der Waals surface area (Å²) in [5.41, 5.74) is 0. The highest BCUT2D eigenvalue weighted by atomic mass is 16.8. The fourth-order valence-corrected chi connectivity index (χ4v) is 4.88. The Morgan fingerprint density at radius 3 is 1.29 bits per heavy atom. The molecule has 2 N–H and O–H groups in total. The van der Waals surface area contributed by atoms with Gasteiger partial charge in [-0.2, -0.15) is 0 Å². The van der Waals surface area contributed by atoms with E-state index in [2.05, 4.69) is 0 Å². The zero-order chi connectivity index (χ0) is 16.6. The summed E-state index contributed by atoms with van der Waals surface area (Å²) in [5.74, 6) is -1.16. The molecule has 138 valence electrons. The monoisotopic (exact) mass is 342 g/mol. The van der Waals surface area contributed by atoms with E-state index in [1.54, 1.807) is 0 Å². The van der Waals surface area contributed by atoms with Gasteiger partial charge in [-0.3, -0.25) is 0 Å². The summed E-state index contributed by atoms with van der Waals surface area (Å²) in [6.45, 7) is -0.200. The second-order valence-electron chi connectivity index (χ2n) is 7.79. The minimum absolute atomic E-state index is 0.0998. The van der Waals surface area contributed by atoms with Crippen molar-refractivity contribution in [2.45, 2.75) is 100 Å². The van der Waals surface area contributed by atoms with Gasteiger partial charge in [0.2, 0.25) is 0 Å². The van der Waals surface area contributed by atoms with Gasteiger partial charge in [0.05, 0.1) is 13.2 Å². The molecule has 4 rings (SSSR count). The van der Waals surface area contributed by atoms with Crippen LogP contribution < -0.4 is 0 Å². The minimum atomic E-state index is -0.581. The molecule has 2 aliphatic carbocycles. The molecule has 0 bridgehead atoms. The van der Waals surface area contributed by atoms with Gasteiger partial charge in [0.1, 0.15) is 24.4 Å². The number of rotatable bonds is 3. The van der Waals surface area contributed by atoms with Gasteiger partial charge < -0.3 is 29.2 Å². The number of aliphatic hydroxyl groups excluding tert-OH is 2. The van der Waals surface area contributed by atoms with Crippen LogP contribution >= 0.6 is 0 Å². The summed E-state index contributed by atoms with van der Waals surface area (Å²) >= 11 is 0. The first-order valence-corrected chi connectivity index (χ1v) is 9.62. The third kappa shape index (κ3) is 3.02. The highest BCUT2D eigenvalue weighted by Crippen LogP contribution is 2.47. The number of hydrogen-bond acceptors (Lipinski definition) is 6. The maximum atomic E-state index is 9.81. The van der Waals surface area contributed by atoms with Gasteiger partial charge in [0.25, 0.3) is 0 Å². The van der Waals surface area contributed by atoms with E-state index in [-0.39, 0.29) is 25.4 Å². The third-order valence-electron chi connectivity index (χ3n) is 6.08. The molecule has 0 radical (unpaired) electrons. The molecule has 2 aliphatic heterocycles. The van der Waals surface area contributed by atoms with Crippen LogP contribution in [0.25, 0.3) is 0 Å². The van der Waals surface area contributed by atoms with E-state index in [1.165, 1.54) is 12.8 Å². The molecule has 4 unspecified atom stereocenters. The summed E-state index contributed by atoms with van der Waals surface area (Å²) in [5, 5.41) is 19.6. The Morgan fingerprint density at radius 1 is 0.583 bits per heavy atom. The van der Waals surface area contributed by atoms with Crippen LogP contribution in [0, 0.1) is 0 Å². The second-order valence-corrected chi connectivity index (χ2v) is 7.79. The molecule has 24 heavy (non-hydrogen) atoms. The molecular weight excluding hydrogens is 312 g/mol. The highest BCUT2D eigenvalue weighted by Gasteiger charge is 2.57. The van der Waals surface area contributed by atoms with Crippen LogP contribution in [-0.2, 0) is 18.9 Å². The van der Waals surface area contributed by atoms with Gasteiger partial charge >= 0.3 is 0 Å². The van der Waals surface area contributed by atoms with E-state index >= 15 is 0 Å². The molecule has 0 amide bonds. The van der Waals surface area contributed by atoms with Crippen molar-refractivity contribution in [3.63, 3.8) is 0 Å². The Hall–Kier alpha value is -0.240. The van der Waals surface area contributed by atoms with Crippen LogP contribution in [0.3, 0.4) is 0 Å². The molecule has 6 heteroatoms. The zero-order valence-corrected chi connectivity index (χ0v) is 14.3. The van der Waals surface area contributed by atoms with E-state index in [1.807, 2.05) is 0 Å². The molecular formula is C18H30O6. The Morgan fingerprint density at radius 2 is 0.958 bits per heavy atom. The van der Waals surface area contributed by atoms with E-state index in [0.29, 0.717) is 0 Å². The molecule has 4 fully saturated rings. The minimum Gasteiger partial charge on any atom is -0.394 e. The Labute approximate surface area is 143 Å². The van der Waals surface area contributed by atoms with Crippen molar-refractivity contribution in [3.8, 4) is 0 Å². The van der Waals surface area contributed by atoms with Crippen molar-refractivity contribution in [1.82, 2.24) is 0 Å². The molecule has 4 atom stereocenters. The lowest BCUT2D eigenvalue weighted by Gasteiger charge is -2.33. The molecule has 0 aromatic rings. The topological polar surface area (TPSA) is 77.4 Å². The normalized spacial score (nSPS) is 41.2. The van der Waals surface area contributed by atoms with Gasteiger partial charge in [0, 0.05) is 25.7 Å². The van der Waals surface area contributed by atoms with Crippen molar-refractivity contribution in [2.24, 2.45) is 0 Å². The average Bonchev–Trinajstić information content (AvgIpc) is 3.15. The maximum Gasteiger partial charge on any atom is 0.169 e. The Kier molecular flexibility index (Phi) is 4.88. The van der Waals surface area contributed by atoms with E-state index in [4.69, 9.17) is 18.9 Å². The van der Waals surface area contributed by atoms with Gasteiger partial charge in [-0.05, 0) is 25.7 Å². The summed E-state index contributed by atoms with van der Waals surface area (Å²) in [4.78, 5) is 0. The summed E-state index contributed by atoms with van der Waals surface area (Å²) in [7, 11) is 0. The summed E-state index contributed by atoms with van der Waals surface area (Å²) in [6, 6.07) is 0. The molecule has 0 aromatic carbocycles. The van der Waals surface area contributed by atoms with E-state index in [9.17, 15) is 10.2 Å². The van der Waals surface area contributed by atoms with Crippen LogP contribution in [0.4, 0.5) is 0 Å². The number of hydrogen-bond donors (Lipinski definition) is 2. The molecule has 2 saturated carbocycles. The van der Waals surface area contributed by atoms with Gasteiger partial charge in [-0.25, -0.2) is 0 Å². The fraction of sp³-hybridized carbons (Fsp3) is 1.00. The van der Waals surface area contributed by atoms with E-state index < -0.39 is 23.8 Å². The lowest BCUT2D eigenvalue weighted by atomic mass is 9.94. The first-order valence-electron chi connectivity index (χ1n) is 9.62. The molecule has 0 aromatic heterocycles. The smallest absolute Gasteiger partial charge is 0.169 e. The van der Waals surface area contributed by atoms with Crippen LogP contribution in [-0.4, -0.2) is 59.4 Å². The largest absolute Gasteiger partial charge is 0.394 e. The third-order valence-corrected chi connectivity index (χ3v) is 6.08. The summed E-state index contributed by atoms with van der Waals surface area (Å²) in [6.07, 6.45) is 8.60. The SMILES string of the molecule is OCC1OC2(CCCCC2)OC1C1OC2(CCCCC2)OC1CO. The fourth-order valence-electron chi connectivity index (χ4n) is 4.88. The maximum absolute atomic E-state index is 9.81. The standard InChI is InChI=1S/C18H30O6/c19-11-13-15(23-17(21-13)7-3-1-4-8-17)16-14(12-20)22-18(24-16)9-5-2-6-10-18/h13-16,19-20H,1-12H2. The predicted molar refractivity (Wildman–Crippen MR) is 85.3 cm³/mol. The molecule has 6 nitrogen and oxygen atoms in total. The molecule has 2 spiro atoms. The molecule has 2 heterocycles. The molecule has 4 aliphatic rings. The lowest BCUT2D eigenvalue weighted by molar-refractivity contribution is -0.218. The Balaban J connectivity index is 1.52. The van der Waals surface area contributed by atoms with Crippen molar-refractivity contribution < 1.29 is 29.2 Å². The second kappa shape index (κ2) is 6.82. The predicted octanol–water partition coefficient (Wildman–Crippen LogP) is 1.86. The van der Waals surface area contributed by atoms with E-state index in [0.717, 1.165) is 51.4 Å². The van der Waals surface area contributed by atoms with Gasteiger partial charge in [0.15, 0.2) is 11.6 Å². The van der Waals surface area contributed by atoms with Crippen molar-refractivity contribution in [1.29, 1.82) is 0 Å². The number of aliphatic hydroxyl groups is 2. The van der Waals surface area contributed by atoms with Crippen LogP contribution in [0.15, 0.2) is 0 Å². The van der Waals surface area contributed by atoms with Crippen molar-refractivity contribution in [2.75, 3.05) is 13.2 Å². The molecule has 2 saturated heterocycles. The highest BCUT2D eigenvalue weighted by molar-refractivity contribution is 4.99. The van der Waals surface area contributed by atoms with Crippen molar-refractivity contribution >= 4 is 0 Å². The summed E-state index contributed by atoms with van der Waals surface area (Å²) < 4.78 is 25.0. The zero-order valence-electron chi connectivity index (χ0n) is 14.3. The van der Waals surface area contributed by atoms with Crippen molar-refractivity contribution in [3.05, 3.63) is 0 Å². The Bertz CT molecular complexity index is 389.